The normalized spacial score (nSPS) is 39.1. The van der Waals surface area contributed by atoms with Crippen molar-refractivity contribution in [2.24, 2.45) is 11.8 Å². The van der Waals surface area contributed by atoms with Gasteiger partial charge in [0.15, 0.2) is 4.33 Å². The number of fused-ring (bicyclic) bond motifs is 5. The van der Waals surface area contributed by atoms with Crippen molar-refractivity contribution in [3.8, 4) is 0 Å². The number of halogens is 2. The van der Waals surface area contributed by atoms with Crippen LogP contribution in [0.15, 0.2) is 60.7 Å². The fraction of sp³-hybridized carbons (Fsp3) is 0.400. The van der Waals surface area contributed by atoms with E-state index in [2.05, 4.69) is 59.4 Å². The summed E-state index contributed by atoms with van der Waals surface area (Å²) in [6, 6.07) is 21.0. The molecule has 4 atom stereocenters. The van der Waals surface area contributed by atoms with Crippen molar-refractivity contribution in [2.45, 2.75) is 34.7 Å². The van der Waals surface area contributed by atoms with Crippen LogP contribution < -0.4 is 10.9 Å². The average Bonchev–Trinajstić information content (AvgIpc) is 3.24. The summed E-state index contributed by atoms with van der Waals surface area (Å²) in [4.78, 5) is 0. The van der Waals surface area contributed by atoms with E-state index in [0.29, 0.717) is 11.8 Å². The Hall–Kier alpha value is -1.06. The van der Waals surface area contributed by atoms with Crippen molar-refractivity contribution < 1.29 is 0 Å². The van der Waals surface area contributed by atoms with Gasteiger partial charge in [-0.2, -0.15) is 0 Å². The second-order valence-corrected chi connectivity index (χ2v) is 8.64. The third-order valence-corrected chi connectivity index (χ3v) is 7.73. The Labute approximate surface area is 152 Å². The Balaban J connectivity index is 1.78. The minimum atomic E-state index is -0.960. The highest BCUT2D eigenvalue weighted by atomic mass is 35.5. The second-order valence-electron chi connectivity index (χ2n) is 7.32. The van der Waals surface area contributed by atoms with Gasteiger partial charge in [-0.15, -0.1) is 0 Å². The molecular formula is C20H20Cl2N2. The van der Waals surface area contributed by atoms with Crippen molar-refractivity contribution in [3.63, 3.8) is 0 Å². The van der Waals surface area contributed by atoms with E-state index in [1.165, 1.54) is 17.5 Å². The molecule has 2 saturated carbocycles. The summed E-state index contributed by atoms with van der Waals surface area (Å²) in [6.07, 6.45) is 3.54. The SMILES string of the molecule is ClC1(Cl)[C@]2(c3ccccc3)NN[C@@]1(c1ccccc1)[C@H]1CCC[C@H]12. The van der Waals surface area contributed by atoms with Crippen LogP contribution in [0.3, 0.4) is 0 Å². The lowest BCUT2D eigenvalue weighted by Crippen LogP contribution is -2.56. The van der Waals surface area contributed by atoms with Gasteiger partial charge in [-0.25, -0.2) is 10.9 Å². The van der Waals surface area contributed by atoms with E-state index in [9.17, 15) is 0 Å². The Morgan fingerprint density at radius 2 is 1.12 bits per heavy atom. The van der Waals surface area contributed by atoms with Gasteiger partial charge in [0.1, 0.15) is 0 Å². The Kier molecular flexibility index (Phi) is 3.16. The highest BCUT2D eigenvalue weighted by Gasteiger charge is 2.81. The molecule has 0 amide bonds. The van der Waals surface area contributed by atoms with Crippen molar-refractivity contribution in [1.29, 1.82) is 0 Å². The first kappa shape index (κ1) is 15.2. The highest BCUT2D eigenvalue weighted by molar-refractivity contribution is 6.51. The average molecular weight is 359 g/mol. The van der Waals surface area contributed by atoms with Crippen molar-refractivity contribution in [2.75, 3.05) is 0 Å². The van der Waals surface area contributed by atoms with Crippen LogP contribution in [0.4, 0.5) is 0 Å². The Morgan fingerprint density at radius 3 is 1.54 bits per heavy atom. The summed E-state index contributed by atoms with van der Waals surface area (Å²) in [5.74, 6) is 0.854. The summed E-state index contributed by atoms with van der Waals surface area (Å²) < 4.78 is -0.960. The van der Waals surface area contributed by atoms with Crippen LogP contribution in [-0.2, 0) is 11.1 Å². The monoisotopic (exact) mass is 358 g/mol. The smallest absolute Gasteiger partial charge is 0.165 e. The number of rotatable bonds is 2. The summed E-state index contributed by atoms with van der Waals surface area (Å²) in [5.41, 5.74) is 8.57. The van der Waals surface area contributed by atoms with Gasteiger partial charge in [-0.1, -0.05) is 90.3 Å². The minimum Gasteiger partial charge on any atom is -0.243 e. The van der Waals surface area contributed by atoms with Crippen LogP contribution >= 0.6 is 23.2 Å². The van der Waals surface area contributed by atoms with Crippen LogP contribution in [0.5, 0.6) is 0 Å². The van der Waals surface area contributed by atoms with Gasteiger partial charge in [0.25, 0.3) is 0 Å². The predicted octanol–water partition coefficient (Wildman–Crippen LogP) is 4.49. The van der Waals surface area contributed by atoms with E-state index >= 15 is 0 Å². The molecule has 0 unspecified atom stereocenters. The van der Waals surface area contributed by atoms with Crippen LogP contribution in [0.1, 0.15) is 30.4 Å². The number of alkyl halides is 2. The molecule has 2 bridgehead atoms. The van der Waals surface area contributed by atoms with Crippen molar-refractivity contribution in [1.82, 2.24) is 10.9 Å². The molecule has 2 N–H and O–H groups in total. The molecule has 2 aliphatic carbocycles. The molecule has 1 heterocycles. The van der Waals surface area contributed by atoms with Crippen molar-refractivity contribution >= 4 is 23.2 Å². The number of hydrogen-bond acceptors (Lipinski definition) is 2. The van der Waals surface area contributed by atoms with E-state index in [4.69, 9.17) is 23.2 Å². The van der Waals surface area contributed by atoms with Gasteiger partial charge in [-0.05, 0) is 35.8 Å². The fourth-order valence-electron chi connectivity index (χ4n) is 5.65. The summed E-state index contributed by atoms with van der Waals surface area (Å²) in [5, 5.41) is 0. The third kappa shape index (κ3) is 1.52. The van der Waals surface area contributed by atoms with Gasteiger partial charge >= 0.3 is 0 Å². The molecule has 3 aliphatic rings. The predicted molar refractivity (Wildman–Crippen MR) is 97.8 cm³/mol. The number of hydrazine groups is 1. The van der Waals surface area contributed by atoms with E-state index in [1.807, 2.05) is 12.1 Å². The first-order valence-corrected chi connectivity index (χ1v) is 9.43. The quantitative estimate of drug-likeness (QED) is 0.772. The molecule has 3 fully saturated rings. The zero-order valence-corrected chi connectivity index (χ0v) is 14.8. The molecule has 5 rings (SSSR count). The topological polar surface area (TPSA) is 24.1 Å². The van der Waals surface area contributed by atoms with Crippen molar-refractivity contribution in [3.05, 3.63) is 71.8 Å². The maximum Gasteiger partial charge on any atom is 0.165 e. The zero-order chi connectivity index (χ0) is 16.4. The molecule has 2 aromatic rings. The summed E-state index contributed by atoms with van der Waals surface area (Å²) in [7, 11) is 0. The first-order valence-electron chi connectivity index (χ1n) is 8.68. The number of benzene rings is 2. The van der Waals surface area contributed by atoms with Gasteiger partial charge in [-0.3, -0.25) is 0 Å². The molecule has 0 radical (unpaired) electrons. The van der Waals surface area contributed by atoms with Gasteiger partial charge in [0.2, 0.25) is 0 Å². The largest absolute Gasteiger partial charge is 0.243 e. The van der Waals surface area contributed by atoms with Gasteiger partial charge in [0, 0.05) is 0 Å². The molecule has 4 heteroatoms. The molecule has 124 valence electrons. The summed E-state index contributed by atoms with van der Waals surface area (Å²) in [6.45, 7) is 0. The maximum absolute atomic E-state index is 7.26. The summed E-state index contributed by atoms with van der Waals surface area (Å²) >= 11 is 14.5. The van der Waals surface area contributed by atoms with Gasteiger partial charge in [0.05, 0.1) is 11.1 Å². The molecule has 1 saturated heterocycles. The molecule has 1 aliphatic heterocycles. The fourth-order valence-corrected chi connectivity index (χ4v) is 6.84. The Morgan fingerprint density at radius 1 is 0.708 bits per heavy atom. The molecule has 24 heavy (non-hydrogen) atoms. The lowest BCUT2D eigenvalue weighted by molar-refractivity contribution is 0.135. The molecule has 0 aromatic heterocycles. The van der Waals surface area contributed by atoms with E-state index in [0.717, 1.165) is 12.8 Å². The van der Waals surface area contributed by atoms with Gasteiger partial charge < -0.3 is 0 Å². The highest BCUT2D eigenvalue weighted by Crippen LogP contribution is 2.73. The first-order chi connectivity index (χ1) is 11.6. The zero-order valence-electron chi connectivity index (χ0n) is 13.3. The standard InChI is InChI=1S/C20H20Cl2N2/c21-20(22)18(14-8-3-1-4-9-14)16-12-7-13-17(16)19(20,24-23-18)15-10-5-2-6-11-15/h1-6,8-11,16-17,23-24H,7,12-13H2/t16-,17+,18-,19+. The molecular weight excluding hydrogens is 339 g/mol. The van der Waals surface area contributed by atoms with Crippen LogP contribution in [0, 0.1) is 11.8 Å². The van der Waals surface area contributed by atoms with Crippen LogP contribution in [0.25, 0.3) is 0 Å². The van der Waals surface area contributed by atoms with E-state index < -0.39 is 15.4 Å². The number of hydrogen-bond donors (Lipinski definition) is 2. The molecule has 2 nitrogen and oxygen atoms in total. The lowest BCUT2D eigenvalue weighted by Gasteiger charge is -2.40. The number of nitrogens with one attached hydrogen (secondary N) is 2. The van der Waals surface area contributed by atoms with Crippen LogP contribution in [-0.4, -0.2) is 4.33 Å². The lowest BCUT2D eigenvalue weighted by atomic mass is 9.78. The van der Waals surface area contributed by atoms with Crippen LogP contribution in [0.2, 0.25) is 0 Å². The van der Waals surface area contributed by atoms with E-state index in [-0.39, 0.29) is 0 Å². The Bertz CT molecular complexity index is 700. The second kappa shape index (κ2) is 4.98. The van der Waals surface area contributed by atoms with E-state index in [1.54, 1.807) is 0 Å². The third-order valence-electron chi connectivity index (χ3n) is 6.53. The minimum absolute atomic E-state index is 0.427. The molecule has 2 aromatic carbocycles. The maximum atomic E-state index is 7.26. The molecule has 0 spiro atoms.